The molecule has 0 saturated carbocycles. The third-order valence-corrected chi connectivity index (χ3v) is 6.78. The predicted molar refractivity (Wildman–Crippen MR) is 109 cm³/mol. The summed E-state index contributed by atoms with van der Waals surface area (Å²) in [5, 5.41) is 2.79. The molecule has 0 spiro atoms. The number of carbonyl (C=O) groups is 1. The fourth-order valence-corrected chi connectivity index (χ4v) is 5.29. The Balaban J connectivity index is 1.72. The van der Waals surface area contributed by atoms with Crippen LogP contribution in [-0.2, 0) is 10.0 Å². The molecule has 0 radical (unpaired) electrons. The molecule has 3 rings (SSSR count). The van der Waals surface area contributed by atoms with Crippen molar-refractivity contribution < 1.29 is 17.9 Å². The highest BCUT2D eigenvalue weighted by molar-refractivity contribution is 7.89. The Morgan fingerprint density at radius 2 is 1.57 bits per heavy atom. The van der Waals surface area contributed by atoms with Crippen molar-refractivity contribution >= 4 is 21.6 Å². The van der Waals surface area contributed by atoms with Gasteiger partial charge in [0, 0.05) is 24.3 Å². The van der Waals surface area contributed by atoms with Gasteiger partial charge in [0.05, 0.1) is 12.0 Å². The minimum atomic E-state index is -3.55. The first-order valence-corrected chi connectivity index (χ1v) is 10.8. The van der Waals surface area contributed by atoms with Gasteiger partial charge in [-0.2, -0.15) is 4.31 Å². The Bertz CT molecular complexity index is 914. The standard InChI is InChI=1S/C21H26N2O4S/c1-15-12-16(2)14-23(13-15)28(25,26)20-10-4-17(5-11-20)21(24)22-18-6-8-19(27-3)9-7-18/h4-11,15-16H,12-14H2,1-3H3,(H,22,24)/t15-,16-/m0/s1. The Hall–Kier alpha value is -2.38. The van der Waals surface area contributed by atoms with E-state index in [1.54, 1.807) is 47.8 Å². The van der Waals surface area contributed by atoms with Gasteiger partial charge in [0.1, 0.15) is 5.75 Å². The lowest BCUT2D eigenvalue weighted by molar-refractivity contribution is 0.102. The van der Waals surface area contributed by atoms with Crippen molar-refractivity contribution in [1.29, 1.82) is 0 Å². The maximum atomic E-state index is 12.9. The third-order valence-electron chi connectivity index (χ3n) is 4.94. The first-order valence-electron chi connectivity index (χ1n) is 9.35. The van der Waals surface area contributed by atoms with Crippen LogP contribution in [0.5, 0.6) is 5.75 Å². The fourth-order valence-electron chi connectivity index (χ4n) is 3.61. The fraction of sp³-hybridized carbons (Fsp3) is 0.381. The molecule has 1 amide bonds. The SMILES string of the molecule is COc1ccc(NC(=O)c2ccc(S(=O)(=O)N3C[C@@H](C)C[C@H](C)C3)cc2)cc1. The lowest BCUT2D eigenvalue weighted by atomic mass is 9.94. The van der Waals surface area contributed by atoms with Crippen LogP contribution in [0, 0.1) is 11.8 Å². The Labute approximate surface area is 166 Å². The molecule has 1 fully saturated rings. The van der Waals surface area contributed by atoms with E-state index in [2.05, 4.69) is 19.2 Å². The van der Waals surface area contributed by atoms with Gasteiger partial charge in [-0.15, -0.1) is 0 Å². The van der Waals surface area contributed by atoms with Gasteiger partial charge in [-0.3, -0.25) is 4.79 Å². The maximum absolute atomic E-state index is 12.9. The molecule has 1 aliphatic heterocycles. The summed E-state index contributed by atoms with van der Waals surface area (Å²) in [4.78, 5) is 12.6. The minimum Gasteiger partial charge on any atom is -0.497 e. The molecular formula is C21H26N2O4S. The predicted octanol–water partition coefficient (Wildman–Crippen LogP) is 3.61. The molecule has 1 saturated heterocycles. The zero-order valence-corrected chi connectivity index (χ0v) is 17.2. The van der Waals surface area contributed by atoms with Crippen LogP contribution in [0.4, 0.5) is 5.69 Å². The Morgan fingerprint density at radius 1 is 1.00 bits per heavy atom. The first-order chi connectivity index (χ1) is 13.3. The van der Waals surface area contributed by atoms with E-state index in [1.807, 2.05) is 0 Å². The zero-order chi connectivity index (χ0) is 20.3. The van der Waals surface area contributed by atoms with Crippen molar-refractivity contribution in [2.45, 2.75) is 25.2 Å². The Kier molecular flexibility index (Phi) is 6.05. The van der Waals surface area contributed by atoms with Crippen LogP contribution >= 0.6 is 0 Å². The molecule has 2 aromatic carbocycles. The van der Waals surface area contributed by atoms with Gasteiger partial charge in [0.25, 0.3) is 5.91 Å². The van der Waals surface area contributed by atoms with E-state index in [0.717, 1.165) is 6.42 Å². The second kappa shape index (κ2) is 8.32. The molecule has 0 unspecified atom stereocenters. The third kappa shape index (κ3) is 4.54. The van der Waals surface area contributed by atoms with Gasteiger partial charge in [-0.25, -0.2) is 8.42 Å². The van der Waals surface area contributed by atoms with Crippen LogP contribution in [0.15, 0.2) is 53.4 Å². The summed E-state index contributed by atoms with van der Waals surface area (Å²) < 4.78 is 32.5. The van der Waals surface area contributed by atoms with Crippen molar-refractivity contribution in [3.63, 3.8) is 0 Å². The minimum absolute atomic E-state index is 0.217. The van der Waals surface area contributed by atoms with Crippen molar-refractivity contribution in [1.82, 2.24) is 4.31 Å². The quantitative estimate of drug-likeness (QED) is 0.829. The number of rotatable bonds is 5. The highest BCUT2D eigenvalue weighted by Gasteiger charge is 2.31. The molecule has 28 heavy (non-hydrogen) atoms. The van der Waals surface area contributed by atoms with Gasteiger partial charge < -0.3 is 10.1 Å². The van der Waals surface area contributed by atoms with E-state index in [-0.39, 0.29) is 10.8 Å². The number of hydrogen-bond acceptors (Lipinski definition) is 4. The topological polar surface area (TPSA) is 75.7 Å². The maximum Gasteiger partial charge on any atom is 0.255 e. The summed E-state index contributed by atoms with van der Waals surface area (Å²) in [6.45, 7) is 5.22. The van der Waals surface area contributed by atoms with Crippen LogP contribution in [0.2, 0.25) is 0 Å². The average molecular weight is 403 g/mol. The van der Waals surface area contributed by atoms with E-state index < -0.39 is 10.0 Å². The van der Waals surface area contributed by atoms with Crippen LogP contribution in [0.25, 0.3) is 0 Å². The highest BCUT2D eigenvalue weighted by atomic mass is 32.2. The second-order valence-electron chi connectivity index (χ2n) is 7.48. The van der Waals surface area contributed by atoms with Crippen molar-refractivity contribution in [2.75, 3.05) is 25.5 Å². The van der Waals surface area contributed by atoms with E-state index >= 15 is 0 Å². The van der Waals surface area contributed by atoms with Gasteiger partial charge in [-0.1, -0.05) is 13.8 Å². The smallest absolute Gasteiger partial charge is 0.255 e. The van der Waals surface area contributed by atoms with Gasteiger partial charge >= 0.3 is 0 Å². The normalized spacial score (nSPS) is 20.5. The monoisotopic (exact) mass is 402 g/mol. The number of amides is 1. The summed E-state index contributed by atoms with van der Waals surface area (Å²) in [7, 11) is -1.97. The number of benzene rings is 2. The number of ether oxygens (including phenoxy) is 1. The Morgan fingerprint density at radius 3 is 2.11 bits per heavy atom. The zero-order valence-electron chi connectivity index (χ0n) is 16.4. The van der Waals surface area contributed by atoms with Gasteiger partial charge in [0.2, 0.25) is 10.0 Å². The molecule has 0 aliphatic carbocycles. The van der Waals surface area contributed by atoms with Gasteiger partial charge in [0.15, 0.2) is 0 Å². The number of sulfonamides is 1. The molecule has 1 heterocycles. The lowest BCUT2D eigenvalue weighted by Crippen LogP contribution is -2.42. The molecule has 7 heteroatoms. The number of hydrogen-bond donors (Lipinski definition) is 1. The molecule has 6 nitrogen and oxygen atoms in total. The molecule has 1 aliphatic rings. The molecule has 2 aromatic rings. The molecule has 2 atom stereocenters. The van der Waals surface area contributed by atoms with Crippen molar-refractivity contribution in [3.8, 4) is 5.75 Å². The number of anilines is 1. The number of methoxy groups -OCH3 is 1. The molecule has 150 valence electrons. The lowest BCUT2D eigenvalue weighted by Gasteiger charge is -2.34. The van der Waals surface area contributed by atoms with Crippen molar-refractivity contribution in [2.24, 2.45) is 11.8 Å². The summed E-state index contributed by atoms with van der Waals surface area (Å²) in [5.74, 6) is 1.09. The second-order valence-corrected chi connectivity index (χ2v) is 9.41. The summed E-state index contributed by atoms with van der Waals surface area (Å²) in [6.07, 6.45) is 1.04. The molecule has 1 N–H and O–H groups in total. The highest BCUT2D eigenvalue weighted by Crippen LogP contribution is 2.27. The number of carbonyl (C=O) groups excluding carboxylic acids is 1. The number of nitrogens with one attached hydrogen (secondary N) is 1. The van der Waals surface area contributed by atoms with Crippen molar-refractivity contribution in [3.05, 3.63) is 54.1 Å². The summed E-state index contributed by atoms with van der Waals surface area (Å²) in [5.41, 5.74) is 1.04. The average Bonchev–Trinajstić information content (AvgIpc) is 2.68. The molecular weight excluding hydrogens is 376 g/mol. The summed E-state index contributed by atoms with van der Waals surface area (Å²) in [6, 6.07) is 13.1. The number of piperidine rings is 1. The summed E-state index contributed by atoms with van der Waals surface area (Å²) >= 11 is 0. The van der Waals surface area contributed by atoms with E-state index in [0.29, 0.717) is 41.9 Å². The first kappa shape index (κ1) is 20.4. The number of nitrogens with zero attached hydrogens (tertiary/aromatic N) is 1. The van der Waals surface area contributed by atoms with Crippen LogP contribution in [0.1, 0.15) is 30.6 Å². The molecule has 0 aromatic heterocycles. The van der Waals surface area contributed by atoms with Gasteiger partial charge in [-0.05, 0) is 66.8 Å². The van der Waals surface area contributed by atoms with Crippen LogP contribution in [-0.4, -0.2) is 38.8 Å². The van der Waals surface area contributed by atoms with E-state index in [1.165, 1.54) is 12.1 Å². The van der Waals surface area contributed by atoms with E-state index in [9.17, 15) is 13.2 Å². The van der Waals surface area contributed by atoms with Crippen LogP contribution < -0.4 is 10.1 Å². The largest absolute Gasteiger partial charge is 0.497 e. The van der Waals surface area contributed by atoms with E-state index in [4.69, 9.17) is 4.74 Å². The van der Waals surface area contributed by atoms with Crippen LogP contribution in [0.3, 0.4) is 0 Å². The molecule has 0 bridgehead atoms.